The number of aliphatic carboxylic acids is 1. The molecule has 1 aromatic rings. The van der Waals surface area contributed by atoms with Crippen LogP contribution >= 0.6 is 0 Å². The highest BCUT2D eigenvalue weighted by Gasteiger charge is 2.50. The minimum atomic E-state index is -1.00. The van der Waals surface area contributed by atoms with Crippen molar-refractivity contribution in [2.45, 2.75) is 26.4 Å². The van der Waals surface area contributed by atoms with Gasteiger partial charge in [-0.25, -0.2) is 4.79 Å². The molecule has 0 amide bonds. The number of ether oxygens (including phenoxy) is 1. The molecule has 1 saturated carbocycles. The van der Waals surface area contributed by atoms with Crippen molar-refractivity contribution in [3.8, 4) is 5.75 Å². The molecular weight excluding hydrogens is 288 g/mol. The first-order valence-electron chi connectivity index (χ1n) is 6.92. The maximum atomic E-state index is 11.6. The van der Waals surface area contributed by atoms with Crippen LogP contribution in [-0.4, -0.2) is 29.0 Å². The van der Waals surface area contributed by atoms with Crippen molar-refractivity contribution < 1.29 is 24.3 Å². The Bertz CT molecular complexity index is 594. The Morgan fingerprint density at radius 1 is 1.27 bits per heavy atom. The van der Waals surface area contributed by atoms with E-state index in [0.717, 1.165) is 0 Å². The molecule has 2 unspecified atom stereocenters. The zero-order valence-corrected chi connectivity index (χ0v) is 12.4. The van der Waals surface area contributed by atoms with Crippen molar-refractivity contribution in [2.75, 3.05) is 0 Å². The van der Waals surface area contributed by atoms with E-state index in [0.29, 0.717) is 11.3 Å². The van der Waals surface area contributed by atoms with E-state index in [9.17, 15) is 9.59 Å². The average molecular weight is 306 g/mol. The Morgan fingerprint density at radius 2 is 1.91 bits per heavy atom. The van der Waals surface area contributed by atoms with Crippen molar-refractivity contribution in [1.82, 2.24) is 0 Å². The molecule has 0 heterocycles. The number of carbonyl (C=O) groups is 2. The second-order valence-corrected chi connectivity index (χ2v) is 5.36. The summed E-state index contributed by atoms with van der Waals surface area (Å²) in [5, 5.41) is 12.3. The molecule has 1 aliphatic rings. The molecule has 0 aromatic heterocycles. The molecule has 7 heteroatoms. The van der Waals surface area contributed by atoms with E-state index in [1.165, 1.54) is 0 Å². The van der Waals surface area contributed by atoms with Crippen LogP contribution in [0.5, 0.6) is 5.75 Å². The van der Waals surface area contributed by atoms with E-state index in [1.807, 2.05) is 13.8 Å². The first-order chi connectivity index (χ1) is 10.4. The molecule has 3 N–H and O–H groups in total. The molecule has 1 aromatic carbocycles. The zero-order chi connectivity index (χ0) is 16.3. The van der Waals surface area contributed by atoms with E-state index < -0.39 is 23.8 Å². The highest BCUT2D eigenvalue weighted by atomic mass is 16.7. The third-order valence-corrected chi connectivity index (χ3v) is 3.17. The fourth-order valence-corrected chi connectivity index (χ4v) is 1.92. The Balaban J connectivity index is 1.92. The molecule has 1 aliphatic carbocycles. The van der Waals surface area contributed by atoms with Gasteiger partial charge in [0.15, 0.2) is 5.84 Å². The number of benzene rings is 1. The molecule has 0 radical (unpaired) electrons. The maximum Gasteiger partial charge on any atom is 0.339 e. The van der Waals surface area contributed by atoms with E-state index in [4.69, 9.17) is 15.6 Å². The van der Waals surface area contributed by atoms with Gasteiger partial charge in [-0.2, -0.15) is 0 Å². The first kappa shape index (κ1) is 15.8. The van der Waals surface area contributed by atoms with Gasteiger partial charge in [0.1, 0.15) is 5.75 Å². The van der Waals surface area contributed by atoms with Crippen LogP contribution in [0.2, 0.25) is 0 Å². The van der Waals surface area contributed by atoms with Gasteiger partial charge >= 0.3 is 11.9 Å². The van der Waals surface area contributed by atoms with Gasteiger partial charge < -0.3 is 20.4 Å². The summed E-state index contributed by atoms with van der Waals surface area (Å²) in [4.78, 5) is 26.9. The van der Waals surface area contributed by atoms with Crippen LogP contribution in [0, 0.1) is 11.8 Å². The second-order valence-electron chi connectivity index (χ2n) is 5.36. The first-order valence-corrected chi connectivity index (χ1v) is 6.92. The number of carboxylic acid groups (broad SMARTS) is 1. The quantitative estimate of drug-likeness (QED) is 0.355. The predicted octanol–water partition coefficient (Wildman–Crippen LogP) is 1.36. The molecule has 0 spiro atoms. The van der Waals surface area contributed by atoms with Gasteiger partial charge in [0, 0.05) is 5.56 Å². The van der Waals surface area contributed by atoms with E-state index in [1.54, 1.807) is 24.3 Å². The lowest BCUT2D eigenvalue weighted by atomic mass is 10.2. The van der Waals surface area contributed by atoms with Gasteiger partial charge in [-0.15, -0.1) is 0 Å². The van der Waals surface area contributed by atoms with Crippen LogP contribution in [0.1, 0.15) is 25.8 Å². The van der Waals surface area contributed by atoms with Crippen LogP contribution in [0.25, 0.3) is 0 Å². The summed E-state index contributed by atoms with van der Waals surface area (Å²) in [5.41, 5.74) is 6.30. The van der Waals surface area contributed by atoms with Crippen molar-refractivity contribution in [2.24, 2.45) is 22.7 Å². The number of hydrogen-bond donors (Lipinski definition) is 2. The third-order valence-electron chi connectivity index (χ3n) is 3.17. The van der Waals surface area contributed by atoms with Crippen molar-refractivity contribution in [3.05, 3.63) is 29.8 Å². The molecule has 0 bridgehead atoms. The summed E-state index contributed by atoms with van der Waals surface area (Å²) >= 11 is 0. The number of carboxylic acids is 1. The topological polar surface area (TPSA) is 111 Å². The fraction of sp³-hybridized carbons (Fsp3) is 0.400. The predicted molar refractivity (Wildman–Crippen MR) is 78.3 cm³/mol. The van der Waals surface area contributed by atoms with Gasteiger partial charge in [-0.05, 0) is 44.5 Å². The van der Waals surface area contributed by atoms with Crippen molar-refractivity contribution in [1.29, 1.82) is 0 Å². The summed E-state index contributed by atoms with van der Waals surface area (Å²) in [5.74, 6) is -2.23. The van der Waals surface area contributed by atoms with Crippen LogP contribution in [0.15, 0.2) is 29.4 Å². The van der Waals surface area contributed by atoms with Crippen LogP contribution in [0.3, 0.4) is 0 Å². The number of carbonyl (C=O) groups excluding carboxylic acids is 1. The number of rotatable bonds is 6. The molecule has 0 saturated heterocycles. The van der Waals surface area contributed by atoms with Crippen molar-refractivity contribution >= 4 is 17.8 Å². The van der Waals surface area contributed by atoms with E-state index in [-0.39, 0.29) is 18.4 Å². The highest BCUT2D eigenvalue weighted by molar-refractivity contribution is 5.97. The fourth-order valence-electron chi connectivity index (χ4n) is 1.92. The van der Waals surface area contributed by atoms with Crippen LogP contribution < -0.4 is 10.5 Å². The smallest absolute Gasteiger partial charge is 0.339 e. The maximum absolute atomic E-state index is 11.6. The van der Waals surface area contributed by atoms with Gasteiger partial charge in [-0.1, -0.05) is 5.16 Å². The number of nitrogens with zero attached hydrogens (tertiary/aromatic N) is 1. The van der Waals surface area contributed by atoms with Crippen LogP contribution in [0.4, 0.5) is 0 Å². The molecule has 22 heavy (non-hydrogen) atoms. The zero-order valence-electron chi connectivity index (χ0n) is 12.4. The molecule has 7 nitrogen and oxygen atoms in total. The summed E-state index contributed by atoms with van der Waals surface area (Å²) < 4.78 is 5.50. The normalized spacial score (nSPS) is 20.6. The SMILES string of the molecule is CC(C)Oc1ccc(C(N)=NOC(=O)C2CC2C(=O)O)cc1. The number of nitrogens with two attached hydrogens (primary N) is 1. The Morgan fingerprint density at radius 3 is 2.41 bits per heavy atom. The summed E-state index contributed by atoms with van der Waals surface area (Å²) in [6, 6.07) is 6.87. The summed E-state index contributed by atoms with van der Waals surface area (Å²) in [7, 11) is 0. The number of hydrogen-bond acceptors (Lipinski definition) is 5. The summed E-state index contributed by atoms with van der Waals surface area (Å²) in [6.07, 6.45) is 0.351. The molecule has 1 fully saturated rings. The Hall–Kier alpha value is -2.57. The van der Waals surface area contributed by atoms with Gasteiger partial charge in [0.05, 0.1) is 17.9 Å². The largest absolute Gasteiger partial charge is 0.491 e. The van der Waals surface area contributed by atoms with E-state index >= 15 is 0 Å². The molecule has 2 atom stereocenters. The lowest BCUT2D eigenvalue weighted by Crippen LogP contribution is -2.16. The molecule has 0 aliphatic heterocycles. The lowest BCUT2D eigenvalue weighted by molar-refractivity contribution is -0.148. The Kier molecular flexibility index (Phi) is 4.65. The highest BCUT2D eigenvalue weighted by Crippen LogP contribution is 2.39. The molecule has 2 rings (SSSR count). The minimum absolute atomic E-state index is 0.0389. The number of oxime groups is 1. The van der Waals surface area contributed by atoms with Gasteiger partial charge in [0.2, 0.25) is 0 Å². The molecule has 118 valence electrons. The third kappa shape index (κ3) is 3.97. The minimum Gasteiger partial charge on any atom is -0.491 e. The number of amidine groups is 1. The van der Waals surface area contributed by atoms with Gasteiger partial charge in [-0.3, -0.25) is 4.79 Å². The van der Waals surface area contributed by atoms with Crippen molar-refractivity contribution in [3.63, 3.8) is 0 Å². The Labute approximate surface area is 127 Å². The molecular formula is C15H18N2O5. The average Bonchev–Trinajstić information content (AvgIpc) is 3.25. The summed E-state index contributed by atoms with van der Waals surface area (Å²) in [6.45, 7) is 3.84. The monoisotopic (exact) mass is 306 g/mol. The lowest BCUT2D eigenvalue weighted by Gasteiger charge is -2.09. The standard InChI is InChI=1S/C15H18N2O5/c1-8(2)21-10-5-3-9(4-6-10)13(16)17-22-15(20)12-7-11(12)14(18)19/h3-6,8,11-12H,7H2,1-2H3,(H2,16,17)(H,18,19). The second kappa shape index (κ2) is 6.46. The van der Waals surface area contributed by atoms with Gasteiger partial charge in [0.25, 0.3) is 0 Å². The van der Waals surface area contributed by atoms with Crippen LogP contribution in [-0.2, 0) is 14.4 Å². The van der Waals surface area contributed by atoms with E-state index in [2.05, 4.69) is 9.99 Å².